The van der Waals surface area contributed by atoms with Gasteiger partial charge in [0.2, 0.25) is 0 Å². The first-order valence-corrected chi connectivity index (χ1v) is 11.1. The van der Waals surface area contributed by atoms with Crippen molar-refractivity contribution in [2.75, 3.05) is 37.7 Å². The van der Waals surface area contributed by atoms with Crippen LogP contribution in [-0.4, -0.2) is 48.7 Å². The van der Waals surface area contributed by atoms with Crippen LogP contribution in [0.25, 0.3) is 23.4 Å². The van der Waals surface area contributed by atoms with E-state index >= 15 is 0 Å². The number of morpholine rings is 1. The van der Waals surface area contributed by atoms with Gasteiger partial charge in [0.05, 0.1) is 30.0 Å². The zero-order valence-electron chi connectivity index (χ0n) is 18.3. The molecule has 0 bridgehead atoms. The summed E-state index contributed by atoms with van der Waals surface area (Å²) in [4.78, 5) is 21.7. The van der Waals surface area contributed by atoms with Gasteiger partial charge < -0.3 is 19.9 Å². The summed E-state index contributed by atoms with van der Waals surface area (Å²) in [5, 5.41) is 2.83. The average molecular weight is 468 g/mol. The van der Waals surface area contributed by atoms with Crippen LogP contribution in [0.5, 0.6) is 0 Å². The first-order valence-electron chi connectivity index (χ1n) is 11.1. The average Bonchev–Trinajstić information content (AvgIpc) is 3.29. The minimum Gasteiger partial charge on any atom is -0.378 e. The van der Waals surface area contributed by atoms with Gasteiger partial charge in [-0.3, -0.25) is 9.78 Å². The lowest BCUT2D eigenvalue weighted by Gasteiger charge is -2.30. The van der Waals surface area contributed by atoms with Crippen LogP contribution in [0.15, 0.2) is 42.6 Å². The Morgan fingerprint density at radius 1 is 1.06 bits per heavy atom. The monoisotopic (exact) mass is 468 g/mol. The van der Waals surface area contributed by atoms with Crippen LogP contribution in [0.1, 0.15) is 32.9 Å². The summed E-state index contributed by atoms with van der Waals surface area (Å²) >= 11 is 0. The number of amides is 1. The molecule has 0 atom stereocenters. The first kappa shape index (κ1) is 22.2. The Balaban J connectivity index is 1.45. The lowest BCUT2D eigenvalue weighted by molar-refractivity contribution is -0.137. The van der Waals surface area contributed by atoms with Gasteiger partial charge in [0, 0.05) is 54.9 Å². The second kappa shape index (κ2) is 8.98. The smallest absolute Gasteiger partial charge is 0.378 e. The predicted octanol–water partition coefficient (Wildman–Crippen LogP) is 4.39. The number of nitrogens with zero attached hydrogens (tertiary/aromatic N) is 2. The van der Waals surface area contributed by atoms with Crippen molar-refractivity contribution in [2.45, 2.75) is 12.6 Å². The second-order valence-electron chi connectivity index (χ2n) is 8.25. The molecule has 9 heteroatoms. The summed E-state index contributed by atoms with van der Waals surface area (Å²) in [5.41, 5.74) is 4.43. The number of ether oxygens (including phenoxy) is 1. The van der Waals surface area contributed by atoms with Gasteiger partial charge >= 0.3 is 6.18 Å². The number of hydrogen-bond acceptors (Lipinski definition) is 4. The molecule has 3 aromatic rings. The third kappa shape index (κ3) is 4.56. The van der Waals surface area contributed by atoms with Crippen molar-refractivity contribution in [3.63, 3.8) is 0 Å². The molecule has 176 valence electrons. The molecule has 4 heterocycles. The zero-order chi connectivity index (χ0) is 23.7. The molecule has 0 unspecified atom stereocenters. The Labute approximate surface area is 194 Å². The Bertz CT molecular complexity index is 1240. The standard InChI is InChI=1S/C25H23F3N4O2/c26-25(27,28)18-3-1-16(23(14-18)32-9-11-34-12-10-32)2-4-19-13-17(5-7-29-19)22-15-20-21(31-22)6-8-30-24(20)33/h1-5,7,13-15,31H,6,8-12H2,(H,30,33). The van der Waals surface area contributed by atoms with Crippen LogP contribution in [0.2, 0.25) is 0 Å². The number of aromatic amines is 1. The largest absolute Gasteiger partial charge is 0.416 e. The molecule has 2 aromatic heterocycles. The number of fused-ring (bicyclic) bond motifs is 1. The molecule has 0 aliphatic carbocycles. The SMILES string of the molecule is O=C1NCCc2[nH]c(-c3ccnc(C=Cc4ccc(C(F)(F)F)cc4N4CCOCC4)c3)cc21. The fraction of sp³-hybridized carbons (Fsp3) is 0.280. The van der Waals surface area contributed by atoms with Crippen LogP contribution >= 0.6 is 0 Å². The zero-order valence-corrected chi connectivity index (χ0v) is 18.3. The Hall–Kier alpha value is -3.59. The fourth-order valence-corrected chi connectivity index (χ4v) is 4.27. The van der Waals surface area contributed by atoms with E-state index in [1.807, 2.05) is 23.1 Å². The van der Waals surface area contributed by atoms with Gasteiger partial charge in [-0.2, -0.15) is 13.2 Å². The number of H-pyrrole nitrogens is 1. The molecule has 0 spiro atoms. The van der Waals surface area contributed by atoms with E-state index in [9.17, 15) is 18.0 Å². The molecule has 2 aliphatic rings. The molecule has 5 rings (SSSR count). The highest BCUT2D eigenvalue weighted by molar-refractivity contribution is 5.97. The second-order valence-corrected chi connectivity index (χ2v) is 8.25. The number of carbonyl (C=O) groups is 1. The number of hydrogen-bond donors (Lipinski definition) is 2. The van der Waals surface area contributed by atoms with Crippen molar-refractivity contribution < 1.29 is 22.7 Å². The van der Waals surface area contributed by atoms with E-state index in [0.29, 0.717) is 55.4 Å². The van der Waals surface area contributed by atoms with Crippen molar-refractivity contribution in [2.24, 2.45) is 0 Å². The predicted molar refractivity (Wildman–Crippen MR) is 123 cm³/mol. The van der Waals surface area contributed by atoms with E-state index in [-0.39, 0.29) is 5.91 Å². The van der Waals surface area contributed by atoms with Gasteiger partial charge in [0.1, 0.15) is 0 Å². The molecule has 1 amide bonds. The van der Waals surface area contributed by atoms with Gasteiger partial charge in [0.25, 0.3) is 5.91 Å². The number of alkyl halides is 3. The maximum absolute atomic E-state index is 13.3. The van der Waals surface area contributed by atoms with Crippen LogP contribution in [0, 0.1) is 0 Å². The Morgan fingerprint density at radius 2 is 1.88 bits per heavy atom. The van der Waals surface area contributed by atoms with Gasteiger partial charge in [-0.1, -0.05) is 12.1 Å². The van der Waals surface area contributed by atoms with E-state index in [4.69, 9.17) is 4.74 Å². The molecule has 1 fully saturated rings. The molecule has 2 aliphatic heterocycles. The highest BCUT2D eigenvalue weighted by Crippen LogP contribution is 2.34. The highest BCUT2D eigenvalue weighted by atomic mass is 19.4. The maximum atomic E-state index is 13.3. The normalized spacial score (nSPS) is 16.6. The third-order valence-electron chi connectivity index (χ3n) is 6.04. The summed E-state index contributed by atoms with van der Waals surface area (Å²) in [6.07, 6.45) is 1.57. The number of aromatic nitrogens is 2. The van der Waals surface area contributed by atoms with Gasteiger partial charge in [-0.15, -0.1) is 0 Å². The minimum absolute atomic E-state index is 0.0872. The molecule has 6 nitrogen and oxygen atoms in total. The Morgan fingerprint density at radius 3 is 2.65 bits per heavy atom. The fourth-order valence-electron chi connectivity index (χ4n) is 4.27. The molecular formula is C25H23F3N4O2. The van der Waals surface area contributed by atoms with Crippen LogP contribution in [0.3, 0.4) is 0 Å². The topological polar surface area (TPSA) is 70.2 Å². The number of anilines is 1. The van der Waals surface area contributed by atoms with Crippen LogP contribution in [0.4, 0.5) is 18.9 Å². The number of nitrogens with one attached hydrogen (secondary N) is 2. The summed E-state index contributed by atoms with van der Waals surface area (Å²) in [5.74, 6) is -0.0872. The van der Waals surface area contributed by atoms with E-state index in [0.717, 1.165) is 29.4 Å². The molecule has 0 radical (unpaired) electrons. The van der Waals surface area contributed by atoms with E-state index in [2.05, 4.69) is 15.3 Å². The molecule has 0 saturated carbocycles. The first-order chi connectivity index (χ1) is 16.4. The van der Waals surface area contributed by atoms with Crippen molar-refractivity contribution in [3.8, 4) is 11.3 Å². The van der Waals surface area contributed by atoms with Crippen molar-refractivity contribution in [3.05, 3.63) is 70.7 Å². The highest BCUT2D eigenvalue weighted by Gasteiger charge is 2.31. The minimum atomic E-state index is -4.41. The molecular weight excluding hydrogens is 445 g/mol. The van der Waals surface area contributed by atoms with Crippen molar-refractivity contribution >= 4 is 23.7 Å². The van der Waals surface area contributed by atoms with Crippen molar-refractivity contribution in [1.29, 1.82) is 0 Å². The number of carbonyl (C=O) groups excluding carboxylic acids is 1. The van der Waals surface area contributed by atoms with E-state index in [1.165, 1.54) is 12.1 Å². The summed E-state index contributed by atoms with van der Waals surface area (Å²) in [6.45, 7) is 2.61. The van der Waals surface area contributed by atoms with Gasteiger partial charge in [0.15, 0.2) is 0 Å². The molecule has 1 saturated heterocycles. The third-order valence-corrected chi connectivity index (χ3v) is 6.04. The van der Waals surface area contributed by atoms with Crippen LogP contribution in [-0.2, 0) is 17.3 Å². The summed E-state index contributed by atoms with van der Waals surface area (Å²) < 4.78 is 45.4. The van der Waals surface area contributed by atoms with Gasteiger partial charge in [-0.05, 0) is 42.0 Å². The maximum Gasteiger partial charge on any atom is 0.416 e. The van der Waals surface area contributed by atoms with Crippen LogP contribution < -0.4 is 10.2 Å². The molecule has 34 heavy (non-hydrogen) atoms. The number of rotatable bonds is 4. The van der Waals surface area contributed by atoms with Crippen molar-refractivity contribution in [1.82, 2.24) is 15.3 Å². The Kier molecular flexibility index (Phi) is 5.87. The van der Waals surface area contributed by atoms with Gasteiger partial charge in [-0.25, -0.2) is 0 Å². The molecule has 1 aromatic carbocycles. The lowest BCUT2D eigenvalue weighted by atomic mass is 10.1. The van der Waals surface area contributed by atoms with E-state index in [1.54, 1.807) is 18.3 Å². The number of benzene rings is 1. The number of pyridine rings is 1. The van der Waals surface area contributed by atoms with E-state index < -0.39 is 11.7 Å². The number of halogens is 3. The molecule has 2 N–H and O–H groups in total. The summed E-state index contributed by atoms with van der Waals surface area (Å²) in [6, 6.07) is 9.35. The summed E-state index contributed by atoms with van der Waals surface area (Å²) in [7, 11) is 0. The lowest BCUT2D eigenvalue weighted by Crippen LogP contribution is -2.36. The quantitative estimate of drug-likeness (QED) is 0.596.